The molecule has 24 heavy (non-hydrogen) atoms. The molecule has 0 aliphatic carbocycles. The maximum absolute atomic E-state index is 12.4. The fraction of sp³-hybridized carbons (Fsp3) is 0.625. The van der Waals surface area contributed by atoms with Crippen LogP contribution in [0.5, 0.6) is 0 Å². The highest BCUT2D eigenvalue weighted by molar-refractivity contribution is 5.93. The van der Waals surface area contributed by atoms with Crippen LogP contribution in [0.4, 0.5) is 0 Å². The summed E-state index contributed by atoms with van der Waals surface area (Å²) in [4.78, 5) is 16.7. The summed E-state index contributed by atoms with van der Waals surface area (Å²) < 4.78 is 2.23. The summed E-state index contributed by atoms with van der Waals surface area (Å²) in [7, 11) is 0. The number of carbonyl (C=O) groups is 1. The Labute approximate surface area is 140 Å². The minimum Gasteiger partial charge on any atom is -0.334 e. The van der Waals surface area contributed by atoms with Gasteiger partial charge in [-0.15, -0.1) is 10.2 Å². The normalized spacial score (nSPS) is 18.5. The van der Waals surface area contributed by atoms with Crippen molar-refractivity contribution in [3.63, 3.8) is 0 Å². The standard InChI is InChI=1S/C16H23N7O/c1-3-11-7-13(18-17-11)16(24)22-8-12(9-22)21-5-6-23-14(4-2)19-20-15(23)10-21/h7,12H,3-6,8-10H2,1-2H3,(H,17,18). The van der Waals surface area contributed by atoms with Crippen LogP contribution in [-0.4, -0.2) is 66.3 Å². The first-order chi connectivity index (χ1) is 11.7. The average Bonchev–Trinajstić information content (AvgIpc) is 3.19. The van der Waals surface area contributed by atoms with Crippen molar-refractivity contribution in [2.24, 2.45) is 0 Å². The van der Waals surface area contributed by atoms with E-state index in [4.69, 9.17) is 0 Å². The molecule has 4 heterocycles. The zero-order valence-corrected chi connectivity index (χ0v) is 14.2. The Hall–Kier alpha value is -2.22. The van der Waals surface area contributed by atoms with E-state index < -0.39 is 0 Å². The topological polar surface area (TPSA) is 82.9 Å². The summed E-state index contributed by atoms with van der Waals surface area (Å²) in [6, 6.07) is 2.26. The number of amides is 1. The van der Waals surface area contributed by atoms with Crippen molar-refractivity contribution in [2.45, 2.75) is 45.8 Å². The van der Waals surface area contributed by atoms with Gasteiger partial charge in [0.25, 0.3) is 5.91 Å². The third-order valence-corrected chi connectivity index (χ3v) is 5.07. The van der Waals surface area contributed by atoms with E-state index in [-0.39, 0.29) is 5.91 Å². The van der Waals surface area contributed by atoms with Crippen molar-refractivity contribution in [3.8, 4) is 0 Å². The predicted molar refractivity (Wildman–Crippen MR) is 87.5 cm³/mol. The van der Waals surface area contributed by atoms with Gasteiger partial charge in [-0.3, -0.25) is 14.8 Å². The predicted octanol–water partition coefficient (Wildman–Crippen LogP) is 0.466. The maximum Gasteiger partial charge on any atom is 0.274 e. The molecule has 1 N–H and O–H groups in total. The second-order valence-electron chi connectivity index (χ2n) is 6.50. The van der Waals surface area contributed by atoms with Gasteiger partial charge in [-0.1, -0.05) is 13.8 Å². The van der Waals surface area contributed by atoms with Gasteiger partial charge in [0.2, 0.25) is 0 Å². The molecule has 0 aromatic carbocycles. The Morgan fingerprint density at radius 2 is 2.08 bits per heavy atom. The molecule has 1 amide bonds. The first kappa shape index (κ1) is 15.3. The van der Waals surface area contributed by atoms with Crippen LogP contribution in [-0.2, 0) is 25.9 Å². The second-order valence-corrected chi connectivity index (χ2v) is 6.50. The van der Waals surface area contributed by atoms with Crippen LogP contribution in [0, 0.1) is 0 Å². The zero-order valence-electron chi connectivity index (χ0n) is 14.2. The number of aromatic nitrogens is 5. The molecule has 0 unspecified atom stereocenters. The second kappa shape index (κ2) is 6.01. The van der Waals surface area contributed by atoms with Crippen LogP contribution < -0.4 is 0 Å². The van der Waals surface area contributed by atoms with Gasteiger partial charge >= 0.3 is 0 Å². The van der Waals surface area contributed by atoms with Crippen LogP contribution in [0.15, 0.2) is 6.07 Å². The maximum atomic E-state index is 12.4. The lowest BCUT2D eigenvalue weighted by Gasteiger charge is -2.46. The molecule has 8 nitrogen and oxygen atoms in total. The fourth-order valence-electron chi connectivity index (χ4n) is 3.48. The largest absolute Gasteiger partial charge is 0.334 e. The number of H-pyrrole nitrogens is 1. The molecule has 0 spiro atoms. The SMILES string of the molecule is CCc1cc(C(=O)N2CC(N3CCn4c(CC)nnc4C3)C2)n[nH]1. The highest BCUT2D eigenvalue weighted by Crippen LogP contribution is 2.22. The molecule has 128 valence electrons. The minimum absolute atomic E-state index is 0.0237. The number of likely N-dealkylation sites (tertiary alicyclic amines) is 1. The Balaban J connectivity index is 1.35. The van der Waals surface area contributed by atoms with Crippen molar-refractivity contribution >= 4 is 5.91 Å². The van der Waals surface area contributed by atoms with Gasteiger partial charge < -0.3 is 9.47 Å². The van der Waals surface area contributed by atoms with Gasteiger partial charge in [0.15, 0.2) is 0 Å². The van der Waals surface area contributed by atoms with E-state index in [1.54, 1.807) is 0 Å². The van der Waals surface area contributed by atoms with E-state index in [1.165, 1.54) is 0 Å². The number of aromatic amines is 1. The van der Waals surface area contributed by atoms with Crippen LogP contribution in [0.2, 0.25) is 0 Å². The van der Waals surface area contributed by atoms with E-state index >= 15 is 0 Å². The van der Waals surface area contributed by atoms with Crippen molar-refractivity contribution in [1.82, 2.24) is 34.8 Å². The number of aryl methyl sites for hydroxylation is 2. The minimum atomic E-state index is 0.0237. The lowest BCUT2D eigenvalue weighted by molar-refractivity contribution is 0.0162. The molecule has 8 heteroatoms. The molecule has 0 radical (unpaired) electrons. The highest BCUT2D eigenvalue weighted by Gasteiger charge is 2.37. The Morgan fingerprint density at radius 3 is 2.79 bits per heavy atom. The van der Waals surface area contributed by atoms with Gasteiger partial charge in [-0.25, -0.2) is 0 Å². The molecule has 2 aromatic heterocycles. The summed E-state index contributed by atoms with van der Waals surface area (Å²) in [5.41, 5.74) is 1.52. The first-order valence-electron chi connectivity index (χ1n) is 8.68. The number of carbonyl (C=O) groups excluding carboxylic acids is 1. The average molecular weight is 329 g/mol. The number of rotatable bonds is 4. The lowest BCUT2D eigenvalue weighted by Crippen LogP contribution is -2.62. The summed E-state index contributed by atoms with van der Waals surface area (Å²) in [6.45, 7) is 8.44. The van der Waals surface area contributed by atoms with E-state index in [0.717, 1.165) is 62.9 Å². The number of hydrogen-bond donors (Lipinski definition) is 1. The summed E-state index contributed by atoms with van der Waals surface area (Å²) >= 11 is 0. The van der Waals surface area contributed by atoms with Gasteiger partial charge in [0, 0.05) is 44.3 Å². The van der Waals surface area contributed by atoms with Gasteiger partial charge in [0.05, 0.1) is 6.54 Å². The van der Waals surface area contributed by atoms with Crippen molar-refractivity contribution < 1.29 is 4.79 Å². The molecule has 2 aliphatic rings. The molecule has 0 atom stereocenters. The molecule has 4 rings (SSSR count). The van der Waals surface area contributed by atoms with Crippen LogP contribution in [0.1, 0.15) is 41.7 Å². The van der Waals surface area contributed by atoms with Gasteiger partial charge in [-0.05, 0) is 12.5 Å². The van der Waals surface area contributed by atoms with E-state index in [9.17, 15) is 4.79 Å². The first-order valence-corrected chi connectivity index (χ1v) is 8.68. The summed E-state index contributed by atoms with van der Waals surface area (Å²) in [5.74, 6) is 2.14. The van der Waals surface area contributed by atoms with E-state index in [2.05, 4.69) is 36.8 Å². The molecule has 1 fully saturated rings. The van der Waals surface area contributed by atoms with Crippen LogP contribution in [0.3, 0.4) is 0 Å². The molecule has 0 saturated carbocycles. The smallest absolute Gasteiger partial charge is 0.274 e. The van der Waals surface area contributed by atoms with Crippen LogP contribution in [0.25, 0.3) is 0 Å². The lowest BCUT2D eigenvalue weighted by atomic mass is 10.1. The molecule has 2 aliphatic heterocycles. The number of fused-ring (bicyclic) bond motifs is 1. The van der Waals surface area contributed by atoms with Crippen molar-refractivity contribution in [3.05, 3.63) is 29.1 Å². The van der Waals surface area contributed by atoms with Gasteiger partial charge in [-0.2, -0.15) is 5.10 Å². The van der Waals surface area contributed by atoms with Gasteiger partial charge in [0.1, 0.15) is 17.3 Å². The van der Waals surface area contributed by atoms with Crippen molar-refractivity contribution in [1.29, 1.82) is 0 Å². The van der Waals surface area contributed by atoms with E-state index in [0.29, 0.717) is 11.7 Å². The number of hydrogen-bond acceptors (Lipinski definition) is 5. The molecule has 2 aromatic rings. The Kier molecular flexibility index (Phi) is 3.84. The molecule has 1 saturated heterocycles. The monoisotopic (exact) mass is 329 g/mol. The zero-order chi connectivity index (χ0) is 16.7. The fourth-order valence-corrected chi connectivity index (χ4v) is 3.48. The molecule has 0 bridgehead atoms. The van der Waals surface area contributed by atoms with Crippen molar-refractivity contribution in [2.75, 3.05) is 19.6 Å². The quantitative estimate of drug-likeness (QED) is 0.881. The highest BCUT2D eigenvalue weighted by atomic mass is 16.2. The number of nitrogens with one attached hydrogen (secondary N) is 1. The molecular weight excluding hydrogens is 306 g/mol. The third kappa shape index (κ3) is 2.50. The summed E-state index contributed by atoms with van der Waals surface area (Å²) in [5, 5.41) is 15.6. The van der Waals surface area contributed by atoms with Crippen LogP contribution >= 0.6 is 0 Å². The van der Waals surface area contributed by atoms with E-state index in [1.807, 2.05) is 17.9 Å². The summed E-state index contributed by atoms with van der Waals surface area (Å²) in [6.07, 6.45) is 1.78. The Bertz CT molecular complexity index is 743. The molecular formula is C16H23N7O. The number of nitrogens with zero attached hydrogens (tertiary/aromatic N) is 6. The Morgan fingerprint density at radius 1 is 1.25 bits per heavy atom. The third-order valence-electron chi connectivity index (χ3n) is 5.07.